The molecule has 0 spiro atoms. The number of carbonyl (C=O) groups is 1. The maximum Gasteiger partial charge on any atom is 0.303 e. The molecule has 1 aromatic carbocycles. The topological polar surface area (TPSA) is 85.4 Å². The summed E-state index contributed by atoms with van der Waals surface area (Å²) in [7, 11) is 0. The number of benzene rings is 1. The fourth-order valence-corrected chi connectivity index (χ4v) is 3.88. The number of rotatable bonds is 6. The van der Waals surface area contributed by atoms with Crippen LogP contribution in [-0.4, -0.2) is 22.7 Å². The minimum Gasteiger partial charge on any atom is -0.493 e. The molecule has 0 aliphatic heterocycles. The lowest BCUT2D eigenvalue weighted by Crippen LogP contribution is -2.04. The third-order valence-electron chi connectivity index (χ3n) is 4.25. The van der Waals surface area contributed by atoms with Gasteiger partial charge in [-0.05, 0) is 48.9 Å². The van der Waals surface area contributed by atoms with Gasteiger partial charge in [-0.1, -0.05) is 6.07 Å². The van der Waals surface area contributed by atoms with Gasteiger partial charge in [-0.25, -0.2) is 4.98 Å². The number of aliphatic carboxylic acids is 1. The molecule has 122 valence electrons. The fourth-order valence-electron chi connectivity index (χ4n) is 3.14. The Labute approximate surface area is 139 Å². The number of ether oxygens (including phenoxy) is 1. The molecule has 1 atom stereocenters. The molecule has 3 rings (SSSR count). The van der Waals surface area contributed by atoms with Gasteiger partial charge in [0.2, 0.25) is 0 Å². The molecule has 2 aromatic rings. The lowest BCUT2D eigenvalue weighted by atomic mass is 9.98. The van der Waals surface area contributed by atoms with Crippen molar-refractivity contribution in [2.45, 2.75) is 38.5 Å². The summed E-state index contributed by atoms with van der Waals surface area (Å²) >= 11 is 1.50. The van der Waals surface area contributed by atoms with Gasteiger partial charge in [-0.2, -0.15) is 0 Å². The van der Waals surface area contributed by atoms with Crippen LogP contribution >= 0.6 is 11.3 Å². The summed E-state index contributed by atoms with van der Waals surface area (Å²) in [4.78, 5) is 16.3. The highest BCUT2D eigenvalue weighted by atomic mass is 32.1. The first kappa shape index (κ1) is 15.8. The summed E-state index contributed by atoms with van der Waals surface area (Å²) in [6.07, 6.45) is 2.77. The van der Waals surface area contributed by atoms with Gasteiger partial charge in [0.1, 0.15) is 5.75 Å². The first-order valence-electron chi connectivity index (χ1n) is 7.72. The van der Waals surface area contributed by atoms with Gasteiger partial charge in [0, 0.05) is 11.3 Å². The van der Waals surface area contributed by atoms with E-state index >= 15 is 0 Å². The molecule has 0 saturated carbocycles. The van der Waals surface area contributed by atoms with Gasteiger partial charge < -0.3 is 15.6 Å². The van der Waals surface area contributed by atoms with Crippen LogP contribution in [0.4, 0.5) is 5.13 Å². The quantitative estimate of drug-likeness (QED) is 0.848. The highest BCUT2D eigenvalue weighted by Gasteiger charge is 2.24. The second kappa shape index (κ2) is 6.58. The van der Waals surface area contributed by atoms with Crippen LogP contribution in [0.15, 0.2) is 18.2 Å². The molecule has 0 bridgehead atoms. The second-order valence-corrected chi connectivity index (χ2v) is 7.08. The highest BCUT2D eigenvalue weighted by Crippen LogP contribution is 2.37. The van der Waals surface area contributed by atoms with Crippen molar-refractivity contribution < 1.29 is 14.6 Å². The first-order valence-corrected chi connectivity index (χ1v) is 8.54. The summed E-state index contributed by atoms with van der Waals surface area (Å²) in [5.41, 5.74) is 9.06. The van der Waals surface area contributed by atoms with Gasteiger partial charge in [-0.3, -0.25) is 4.79 Å². The Bertz CT molecular complexity index is 727. The standard InChI is InChI=1S/C17H20N2O3S/c1-10-15(19-17(18)23-10)6-7-22-13-4-5-14-11(8-13)2-3-12(14)9-16(20)21/h4-5,8,12H,2-3,6-7,9H2,1H3,(H2,18,19)(H,20,21)/t12-/m0/s1. The molecule has 0 radical (unpaired) electrons. The number of hydrogen-bond donors (Lipinski definition) is 2. The van der Waals surface area contributed by atoms with Crippen LogP contribution in [-0.2, 0) is 17.6 Å². The van der Waals surface area contributed by atoms with Crippen molar-refractivity contribution in [2.24, 2.45) is 0 Å². The normalized spacial score (nSPS) is 16.3. The van der Waals surface area contributed by atoms with E-state index in [4.69, 9.17) is 15.6 Å². The molecule has 1 aromatic heterocycles. The third kappa shape index (κ3) is 3.64. The van der Waals surface area contributed by atoms with Crippen LogP contribution in [0.5, 0.6) is 5.75 Å². The van der Waals surface area contributed by atoms with Gasteiger partial charge in [0.25, 0.3) is 0 Å². The number of aromatic nitrogens is 1. The van der Waals surface area contributed by atoms with Gasteiger partial charge >= 0.3 is 5.97 Å². The molecular weight excluding hydrogens is 312 g/mol. The van der Waals surface area contributed by atoms with Crippen LogP contribution in [0.3, 0.4) is 0 Å². The van der Waals surface area contributed by atoms with E-state index in [1.807, 2.05) is 25.1 Å². The Morgan fingerprint density at radius 2 is 2.35 bits per heavy atom. The number of aryl methyl sites for hydroxylation is 2. The largest absolute Gasteiger partial charge is 0.493 e. The minimum atomic E-state index is -0.735. The first-order chi connectivity index (χ1) is 11.0. The summed E-state index contributed by atoms with van der Waals surface area (Å²) in [5, 5.41) is 9.56. The maximum atomic E-state index is 10.9. The van der Waals surface area contributed by atoms with Gasteiger partial charge in [-0.15, -0.1) is 11.3 Å². The average molecular weight is 332 g/mol. The molecule has 6 heteroatoms. The Balaban J connectivity index is 1.60. The molecule has 0 saturated heterocycles. The molecule has 3 N–H and O–H groups in total. The number of carboxylic acid groups (broad SMARTS) is 1. The summed E-state index contributed by atoms with van der Waals surface area (Å²) in [5.74, 6) is 0.235. The molecule has 0 amide bonds. The minimum absolute atomic E-state index is 0.136. The van der Waals surface area contributed by atoms with Gasteiger partial charge in [0.05, 0.1) is 18.7 Å². The van der Waals surface area contributed by atoms with Crippen molar-refractivity contribution >= 4 is 22.4 Å². The van der Waals surface area contributed by atoms with E-state index in [-0.39, 0.29) is 12.3 Å². The number of carboxylic acids is 1. The predicted molar refractivity (Wildman–Crippen MR) is 90.2 cm³/mol. The molecule has 0 fully saturated rings. The average Bonchev–Trinajstić information content (AvgIpc) is 3.02. The number of anilines is 1. The lowest BCUT2D eigenvalue weighted by Gasteiger charge is -2.10. The van der Waals surface area contributed by atoms with Crippen LogP contribution < -0.4 is 10.5 Å². The Morgan fingerprint density at radius 1 is 1.52 bits per heavy atom. The fraction of sp³-hybridized carbons (Fsp3) is 0.412. The predicted octanol–water partition coefficient (Wildman–Crippen LogP) is 3.16. The monoisotopic (exact) mass is 332 g/mol. The number of fused-ring (bicyclic) bond motifs is 1. The van der Waals surface area contributed by atoms with E-state index < -0.39 is 5.97 Å². The Kier molecular flexibility index (Phi) is 4.52. The number of thiazole rings is 1. The molecule has 5 nitrogen and oxygen atoms in total. The third-order valence-corrected chi connectivity index (χ3v) is 5.10. The molecular formula is C17H20N2O3S. The van der Waals surface area contributed by atoms with E-state index in [0.29, 0.717) is 11.7 Å². The van der Waals surface area contributed by atoms with E-state index in [1.54, 1.807) is 0 Å². The van der Waals surface area contributed by atoms with Crippen LogP contribution in [0, 0.1) is 6.92 Å². The number of nitrogen functional groups attached to an aromatic ring is 1. The SMILES string of the molecule is Cc1sc(N)nc1CCOc1ccc2c(c1)CC[C@H]2CC(=O)O. The van der Waals surface area contributed by atoms with E-state index in [2.05, 4.69) is 4.98 Å². The number of nitrogens with zero attached hydrogens (tertiary/aromatic N) is 1. The zero-order valence-corrected chi connectivity index (χ0v) is 13.9. The summed E-state index contributed by atoms with van der Waals surface area (Å²) < 4.78 is 5.82. The number of nitrogens with two attached hydrogens (primary N) is 1. The van der Waals surface area contributed by atoms with Crippen molar-refractivity contribution in [3.8, 4) is 5.75 Å². The van der Waals surface area contributed by atoms with Crippen LogP contribution in [0.1, 0.15) is 40.5 Å². The molecule has 1 heterocycles. The molecule has 23 heavy (non-hydrogen) atoms. The Hall–Kier alpha value is -2.08. The van der Waals surface area contributed by atoms with Gasteiger partial charge in [0.15, 0.2) is 5.13 Å². The van der Waals surface area contributed by atoms with E-state index in [0.717, 1.165) is 41.1 Å². The summed E-state index contributed by atoms with van der Waals surface area (Å²) in [6.45, 7) is 2.57. The highest BCUT2D eigenvalue weighted by molar-refractivity contribution is 7.15. The number of hydrogen-bond acceptors (Lipinski definition) is 5. The smallest absolute Gasteiger partial charge is 0.303 e. The summed E-state index contributed by atoms with van der Waals surface area (Å²) in [6, 6.07) is 5.98. The van der Waals surface area contributed by atoms with Crippen molar-refractivity contribution in [2.75, 3.05) is 12.3 Å². The lowest BCUT2D eigenvalue weighted by molar-refractivity contribution is -0.137. The zero-order chi connectivity index (χ0) is 16.4. The zero-order valence-electron chi connectivity index (χ0n) is 13.0. The van der Waals surface area contributed by atoms with E-state index in [9.17, 15) is 4.79 Å². The van der Waals surface area contributed by atoms with Crippen LogP contribution in [0.25, 0.3) is 0 Å². The van der Waals surface area contributed by atoms with Crippen molar-refractivity contribution in [1.82, 2.24) is 4.98 Å². The van der Waals surface area contributed by atoms with Crippen molar-refractivity contribution in [3.05, 3.63) is 39.9 Å². The van der Waals surface area contributed by atoms with Crippen molar-refractivity contribution in [1.29, 1.82) is 0 Å². The maximum absolute atomic E-state index is 10.9. The Morgan fingerprint density at radius 3 is 3.04 bits per heavy atom. The molecule has 0 unspecified atom stereocenters. The van der Waals surface area contributed by atoms with Crippen LogP contribution in [0.2, 0.25) is 0 Å². The second-order valence-electron chi connectivity index (χ2n) is 5.85. The molecule has 1 aliphatic rings. The molecule has 1 aliphatic carbocycles. The van der Waals surface area contributed by atoms with E-state index in [1.165, 1.54) is 16.9 Å². The van der Waals surface area contributed by atoms with Crippen molar-refractivity contribution in [3.63, 3.8) is 0 Å².